The van der Waals surface area contributed by atoms with Gasteiger partial charge in [0.2, 0.25) is 0 Å². The molecule has 0 bridgehead atoms. The lowest BCUT2D eigenvalue weighted by Crippen LogP contribution is -2.45. The molecule has 6 aromatic carbocycles. The van der Waals surface area contributed by atoms with E-state index in [-0.39, 0.29) is 22.1 Å². The predicted octanol–water partition coefficient (Wildman–Crippen LogP) is 10.4. The molecule has 0 radical (unpaired) electrons. The first kappa shape index (κ1) is 32.1. The molecule has 6 rings (SSSR count). The zero-order valence-electron chi connectivity index (χ0n) is 27.4. The highest BCUT2D eigenvalue weighted by Crippen LogP contribution is 2.65. The number of rotatable bonds is 11. The molecule has 0 spiro atoms. The van der Waals surface area contributed by atoms with Gasteiger partial charge in [0.25, 0.3) is 0 Å². The fourth-order valence-corrected chi connectivity index (χ4v) is 13.8. The van der Waals surface area contributed by atoms with Crippen molar-refractivity contribution in [2.45, 2.75) is 49.8 Å². The summed E-state index contributed by atoms with van der Waals surface area (Å²) in [5, 5.41) is 5.46. The topological polar surface area (TPSA) is 0 Å². The third-order valence-electron chi connectivity index (χ3n) is 9.38. The van der Waals surface area contributed by atoms with E-state index in [1.807, 2.05) is 0 Å². The number of hydrogen-bond donors (Lipinski definition) is 0. The molecular weight excluding hydrogens is 590 g/mol. The van der Waals surface area contributed by atoms with Gasteiger partial charge in [0.05, 0.1) is 0 Å². The van der Waals surface area contributed by atoms with E-state index in [2.05, 4.69) is 210 Å². The Bertz CT molecular complexity index is 1550. The van der Waals surface area contributed by atoms with Crippen LogP contribution in [-0.2, 0) is 0 Å². The zero-order chi connectivity index (χ0) is 32.0. The third kappa shape index (κ3) is 6.67. The number of benzene rings is 6. The van der Waals surface area contributed by atoms with E-state index < -0.39 is 15.8 Å². The molecule has 230 valence electrons. The zero-order valence-corrected chi connectivity index (χ0v) is 29.2. The maximum atomic E-state index is 2.55. The van der Waals surface area contributed by atoms with Gasteiger partial charge in [-0.2, -0.15) is 0 Å². The van der Waals surface area contributed by atoms with E-state index in [9.17, 15) is 0 Å². The van der Waals surface area contributed by atoms with Crippen LogP contribution in [0.25, 0.3) is 0 Å². The van der Waals surface area contributed by atoms with Gasteiger partial charge in [0.1, 0.15) is 0 Å². The van der Waals surface area contributed by atoms with Crippen LogP contribution < -0.4 is 21.2 Å². The Labute approximate surface area is 279 Å². The molecular formula is C44H44P2. The lowest BCUT2D eigenvalue weighted by atomic mass is 9.69. The van der Waals surface area contributed by atoms with Gasteiger partial charge in [-0.1, -0.05) is 210 Å². The highest BCUT2D eigenvalue weighted by Gasteiger charge is 2.51. The Morgan fingerprint density at radius 3 is 0.717 bits per heavy atom. The van der Waals surface area contributed by atoms with Crippen molar-refractivity contribution in [3.63, 3.8) is 0 Å². The first-order valence-electron chi connectivity index (χ1n) is 16.3. The Kier molecular flexibility index (Phi) is 9.99. The Morgan fingerprint density at radius 2 is 0.500 bits per heavy atom. The van der Waals surface area contributed by atoms with E-state index in [4.69, 9.17) is 0 Å². The summed E-state index contributed by atoms with van der Waals surface area (Å²) in [5.41, 5.74) is 2.81. The molecule has 2 unspecified atom stereocenters. The molecule has 0 amide bonds. The first-order valence-corrected chi connectivity index (χ1v) is 19.0. The van der Waals surface area contributed by atoms with E-state index in [0.29, 0.717) is 0 Å². The largest absolute Gasteiger partial charge is 0.0622 e. The maximum absolute atomic E-state index is 2.55. The van der Waals surface area contributed by atoms with E-state index >= 15 is 0 Å². The summed E-state index contributed by atoms with van der Waals surface area (Å²) >= 11 is 0. The van der Waals surface area contributed by atoms with Crippen LogP contribution in [0, 0.1) is 0 Å². The van der Waals surface area contributed by atoms with Crippen molar-refractivity contribution in [3.05, 3.63) is 193 Å². The summed E-state index contributed by atoms with van der Waals surface area (Å²) in [6.45, 7) is 10.2. The second-order valence-electron chi connectivity index (χ2n) is 13.1. The molecule has 0 aliphatic heterocycles. The molecule has 0 nitrogen and oxygen atoms in total. The monoisotopic (exact) mass is 634 g/mol. The van der Waals surface area contributed by atoms with Gasteiger partial charge in [-0.15, -0.1) is 0 Å². The summed E-state index contributed by atoms with van der Waals surface area (Å²) in [7, 11) is -1.50. The van der Waals surface area contributed by atoms with Crippen molar-refractivity contribution >= 4 is 37.1 Å². The third-order valence-corrected chi connectivity index (χ3v) is 15.5. The standard InChI is InChI=1S/C44H44P2/c1-43(2,45(37-27-15-7-16-28-37)38-29-17-8-18-30-38)41(35-23-11-5-12-24-35)42(36-25-13-6-14-26-36)44(3,4)46(39-31-19-9-20-32-39)40-33-21-10-22-34-40/h5-34,41-42H,1-4H3. The number of hydrogen-bond acceptors (Lipinski definition) is 0. The van der Waals surface area contributed by atoms with E-state index in [0.717, 1.165) is 0 Å². The molecule has 0 heterocycles. The second kappa shape index (κ2) is 14.3. The summed E-state index contributed by atoms with van der Waals surface area (Å²) in [5.74, 6) is 0.435. The van der Waals surface area contributed by atoms with Crippen molar-refractivity contribution in [2.24, 2.45) is 0 Å². The Hall–Kier alpha value is -3.82. The molecule has 0 aliphatic rings. The van der Waals surface area contributed by atoms with Crippen LogP contribution in [-0.4, -0.2) is 10.3 Å². The van der Waals surface area contributed by atoms with Crippen molar-refractivity contribution in [3.8, 4) is 0 Å². The summed E-state index contributed by atoms with van der Waals surface area (Å²) in [6, 6.07) is 67.9. The van der Waals surface area contributed by atoms with Crippen LogP contribution in [0.3, 0.4) is 0 Å². The fourth-order valence-electron chi connectivity index (χ4n) is 7.55. The first-order chi connectivity index (χ1) is 22.4. The van der Waals surface area contributed by atoms with Crippen molar-refractivity contribution in [2.75, 3.05) is 0 Å². The van der Waals surface area contributed by atoms with Crippen molar-refractivity contribution in [1.82, 2.24) is 0 Å². The highest BCUT2D eigenvalue weighted by molar-refractivity contribution is 7.75. The van der Waals surface area contributed by atoms with Gasteiger partial charge < -0.3 is 0 Å². The quantitative estimate of drug-likeness (QED) is 0.124. The smallest absolute Gasteiger partial charge is 0.00123 e. The van der Waals surface area contributed by atoms with E-state index in [1.165, 1.54) is 32.3 Å². The van der Waals surface area contributed by atoms with Gasteiger partial charge in [-0.3, -0.25) is 0 Å². The summed E-state index contributed by atoms with van der Waals surface area (Å²) in [4.78, 5) is 0. The summed E-state index contributed by atoms with van der Waals surface area (Å²) < 4.78 is 0. The van der Waals surface area contributed by atoms with Gasteiger partial charge in [0.15, 0.2) is 0 Å². The van der Waals surface area contributed by atoms with Crippen molar-refractivity contribution in [1.29, 1.82) is 0 Å². The molecule has 2 heteroatoms. The highest BCUT2D eigenvalue weighted by atomic mass is 31.1. The average molecular weight is 635 g/mol. The molecule has 0 saturated heterocycles. The van der Waals surface area contributed by atoms with Crippen molar-refractivity contribution < 1.29 is 0 Å². The maximum Gasteiger partial charge on any atom is 0.00123 e. The molecule has 0 N–H and O–H groups in total. The Morgan fingerprint density at radius 1 is 0.304 bits per heavy atom. The van der Waals surface area contributed by atoms with Crippen LogP contribution in [0.5, 0.6) is 0 Å². The van der Waals surface area contributed by atoms with Crippen LogP contribution in [0.2, 0.25) is 0 Å². The molecule has 0 aliphatic carbocycles. The molecule has 46 heavy (non-hydrogen) atoms. The van der Waals surface area contributed by atoms with Gasteiger partial charge in [-0.25, -0.2) is 0 Å². The molecule has 0 aromatic heterocycles. The predicted molar refractivity (Wildman–Crippen MR) is 205 cm³/mol. The molecule has 2 atom stereocenters. The second-order valence-corrected chi connectivity index (χ2v) is 18.8. The Balaban J connectivity index is 1.64. The normalized spacial score (nSPS) is 13.4. The molecule has 0 saturated carbocycles. The fraction of sp³-hybridized carbons (Fsp3) is 0.182. The lowest BCUT2D eigenvalue weighted by molar-refractivity contribution is 0.389. The van der Waals surface area contributed by atoms with Gasteiger partial charge >= 0.3 is 0 Å². The molecule has 6 aromatic rings. The van der Waals surface area contributed by atoms with E-state index in [1.54, 1.807) is 0 Å². The van der Waals surface area contributed by atoms with Crippen LogP contribution in [0.15, 0.2) is 182 Å². The lowest BCUT2D eigenvalue weighted by Gasteiger charge is -2.52. The molecule has 0 fully saturated rings. The van der Waals surface area contributed by atoms with Crippen LogP contribution in [0.1, 0.15) is 50.7 Å². The minimum Gasteiger partial charge on any atom is -0.0622 e. The minimum atomic E-state index is -0.748. The van der Waals surface area contributed by atoms with Crippen LogP contribution in [0.4, 0.5) is 0 Å². The summed E-state index contributed by atoms with van der Waals surface area (Å²) in [6.07, 6.45) is 0. The minimum absolute atomic E-state index is 0.119. The van der Waals surface area contributed by atoms with Gasteiger partial charge in [-0.05, 0) is 48.2 Å². The average Bonchev–Trinajstić information content (AvgIpc) is 3.09. The van der Waals surface area contributed by atoms with Gasteiger partial charge in [0, 0.05) is 22.1 Å². The van der Waals surface area contributed by atoms with Crippen LogP contribution >= 0.6 is 15.8 Å². The SMILES string of the molecule is CC(C)(C(c1ccccc1)C(c1ccccc1)C(C)(C)P(c1ccccc1)c1ccccc1)P(c1ccccc1)c1ccccc1.